The van der Waals surface area contributed by atoms with E-state index in [-0.39, 0.29) is 95.5 Å². The lowest BCUT2D eigenvalue weighted by molar-refractivity contribution is 0.0679. The lowest BCUT2D eigenvalue weighted by Gasteiger charge is -2.34. The van der Waals surface area contributed by atoms with Gasteiger partial charge in [-0.25, -0.2) is 48.7 Å². The van der Waals surface area contributed by atoms with E-state index in [0.717, 1.165) is 163 Å². The van der Waals surface area contributed by atoms with E-state index in [2.05, 4.69) is 114 Å². The van der Waals surface area contributed by atoms with Gasteiger partial charge >= 0.3 is 0 Å². The van der Waals surface area contributed by atoms with Crippen molar-refractivity contribution in [1.29, 1.82) is 0 Å². The first kappa shape index (κ1) is 96.8. The van der Waals surface area contributed by atoms with Gasteiger partial charge in [-0.3, -0.25) is 29.0 Å². The number of para-hydroxylation sites is 1. The molecule has 16 heterocycles. The number of halogens is 2. The lowest BCUT2D eigenvalue weighted by atomic mass is 10.0. The number of anilines is 5. The number of nitrogens with one attached hydrogen (secondary N) is 5. The minimum atomic E-state index is -0.452. The van der Waals surface area contributed by atoms with Crippen molar-refractivity contribution in [3.05, 3.63) is 323 Å². The van der Waals surface area contributed by atoms with Crippen LogP contribution in [-0.2, 0) is 0 Å². The van der Waals surface area contributed by atoms with Crippen LogP contribution in [-0.4, -0.2) is 244 Å². The van der Waals surface area contributed by atoms with Gasteiger partial charge in [0.05, 0.1) is 102 Å². The smallest absolute Gasteiger partial charge is 0.275 e. The number of benzene rings is 4. The number of ether oxygens (including phenoxy) is 1. The quantitative estimate of drug-likeness (QED) is 0.0446. The van der Waals surface area contributed by atoms with Gasteiger partial charge in [0, 0.05) is 129 Å². The van der Waals surface area contributed by atoms with Crippen LogP contribution in [0.15, 0.2) is 244 Å². The average Bonchev–Trinajstić information content (AvgIpc) is 1.63. The molecule has 10 fully saturated rings. The third-order valence-corrected chi connectivity index (χ3v) is 30.0. The minimum absolute atomic E-state index is 0.0126. The van der Waals surface area contributed by atoms with Crippen LogP contribution in [0.5, 0.6) is 5.75 Å². The van der Waals surface area contributed by atoms with E-state index < -0.39 is 11.6 Å². The topological polar surface area (TPSA) is 379 Å². The average molecular weight is 1980 g/mol. The Hall–Kier alpha value is -16.3. The molecule has 5 aliphatic heterocycles. The van der Waals surface area contributed by atoms with Gasteiger partial charge in [0.1, 0.15) is 63.4 Å². The van der Waals surface area contributed by atoms with E-state index in [1.807, 2.05) is 214 Å². The van der Waals surface area contributed by atoms with E-state index >= 15 is 0 Å². The standard InChI is InChI=1S/C24H26N4O2.C23H22FN5O.C22H24N6O.C21H21FN6O.C21H23N7O/c1-3-30-20-8-7-17-5-4-10-25-23(17)22(20)24(29)28-14-16-11-18(19(28)12-16)27-21-9-6-15(2)13-26-21;1-14-3-6-21(27-12-14)28-19-9-15-10-20(19)29(13-15)23(30)18-11-16(24)4-5-17(18)22-25-7-2-8-26-22;1-14-6-7-20(23-12-14)26-18-10-16-11-19(18)27(13-16)22(29)17-5-3-4-15(2)21(17)28-24-8-9-25-28;1-13-2-5-20(23-11-13)26-17-8-14-9-19(17)27(12-14)21(29)16-10-15(22)3-4-18(16)28-24-6-7-25-28;1-13-3-6-19(22-11-13)26-16-9-15-10-18(16)27(12-15)21(29)20-17(5-4-14(2)25-20)28-23-7-8-24-28/h4-10,13,16,18-19H,3,11-12,14H2,1-2H3,(H,26,27);2-8,11-12,15,19-20H,9-10,13H2,1H3,(H,27,28);3-9,12,16,18-19H,10-11,13H2,1-2H3,(H,23,26);2-7,10-11,14,17,19H,8-9,12H2,1H3,(H,23,26);3-8,11,15-16,18H,9-10,12H2,1-2H3,(H,22,26). The van der Waals surface area contributed by atoms with Crippen molar-refractivity contribution in [1.82, 2.24) is 114 Å². The van der Waals surface area contributed by atoms with Crippen molar-refractivity contribution in [2.75, 3.05) is 65.9 Å². The second-order valence-electron chi connectivity index (χ2n) is 40.3. The highest BCUT2D eigenvalue weighted by Gasteiger charge is 2.53. The van der Waals surface area contributed by atoms with Crippen molar-refractivity contribution >= 4 is 69.5 Å². The number of fused-ring (bicyclic) bond motifs is 11. The highest BCUT2D eigenvalue weighted by Crippen LogP contribution is 2.47. The number of nitrogens with zero attached hydrogens (tertiary/aromatic N) is 23. The molecular weight excluding hydrogens is 1860 g/mol. The van der Waals surface area contributed by atoms with Crippen molar-refractivity contribution in [2.24, 2.45) is 29.6 Å². The second kappa shape index (κ2) is 42.2. The SMILES string of the molecule is CCOc1ccc2cccnc2c1C(=O)N1CC2CC(Nc3ccc(C)cn3)C1C2.Cc1ccc(NC2CC3CC2N(C(=O)c2cc(F)ccc2-c2ncccn2)C3)nc1.Cc1ccc(NC2CC3CC2N(C(=O)c2cc(F)ccc2-n2nccn2)C3)nc1.Cc1ccc(NC2CC3CC2N(C(=O)c2cccc(C)c2-n2nccn2)C3)nc1.Cc1ccc(NC2CC3CC2N(C(=O)c2nc(C)ccc2-n2nccn2)C3)nc1. The van der Waals surface area contributed by atoms with Gasteiger partial charge in [-0.1, -0.05) is 48.5 Å². The molecule has 36 heteroatoms. The summed E-state index contributed by atoms with van der Waals surface area (Å²) in [5, 5.41) is 43.7. The molecule has 25 rings (SSSR count). The Labute approximate surface area is 849 Å². The van der Waals surface area contributed by atoms with Crippen LogP contribution >= 0.6 is 0 Å². The number of rotatable bonds is 21. The van der Waals surface area contributed by atoms with E-state index in [0.29, 0.717) is 106 Å². The van der Waals surface area contributed by atoms with E-state index in [1.54, 1.807) is 66.4 Å². The number of hydrogen-bond donors (Lipinski definition) is 5. The Morgan fingerprint density at radius 1 is 0.347 bits per heavy atom. The molecule has 750 valence electrons. The predicted molar refractivity (Wildman–Crippen MR) is 551 cm³/mol. The van der Waals surface area contributed by atoms with Gasteiger partial charge in [-0.05, 0) is 292 Å². The molecule has 0 spiro atoms. The highest BCUT2D eigenvalue weighted by atomic mass is 19.1. The van der Waals surface area contributed by atoms with E-state index in [4.69, 9.17) is 4.74 Å². The number of pyridine rings is 7. The molecule has 0 radical (unpaired) electrons. The fraction of sp³-hybridized carbons (Fsp3) is 0.351. The zero-order valence-electron chi connectivity index (χ0n) is 83.1. The zero-order valence-corrected chi connectivity index (χ0v) is 83.1. The predicted octanol–water partition coefficient (Wildman–Crippen LogP) is 16.0. The normalized spacial score (nSPS) is 22.7. The molecule has 147 heavy (non-hydrogen) atoms. The number of carbonyl (C=O) groups excluding carboxylic acids is 5. The monoisotopic (exact) mass is 1970 g/mol. The van der Waals surface area contributed by atoms with Crippen molar-refractivity contribution in [2.45, 2.75) is 180 Å². The second-order valence-corrected chi connectivity index (χ2v) is 40.3. The summed E-state index contributed by atoms with van der Waals surface area (Å²) in [5.41, 5.74) is 12.7. The molecule has 15 unspecified atom stereocenters. The summed E-state index contributed by atoms with van der Waals surface area (Å²) >= 11 is 0. The molecule has 5 aliphatic carbocycles. The summed E-state index contributed by atoms with van der Waals surface area (Å²) in [6, 6.07) is 48.9. The first-order valence-electron chi connectivity index (χ1n) is 50.5. The number of carbonyl (C=O) groups is 5. The van der Waals surface area contributed by atoms with Crippen LogP contribution in [0.25, 0.3) is 39.4 Å². The molecule has 11 aromatic heterocycles. The molecule has 5 saturated carbocycles. The minimum Gasteiger partial charge on any atom is -0.493 e. The highest BCUT2D eigenvalue weighted by molar-refractivity contribution is 6.08. The molecular formula is C111H116F2N28O6. The van der Waals surface area contributed by atoms with Gasteiger partial charge in [-0.15, -0.1) is 4.80 Å². The molecule has 15 atom stereocenters. The number of amides is 5. The van der Waals surface area contributed by atoms with Crippen LogP contribution in [0.1, 0.15) is 162 Å². The van der Waals surface area contributed by atoms with Gasteiger partial charge in [-0.2, -0.15) is 40.2 Å². The Morgan fingerprint density at radius 2 is 0.728 bits per heavy atom. The molecule has 15 aromatic rings. The van der Waals surface area contributed by atoms with Crippen LogP contribution in [0.3, 0.4) is 0 Å². The molecule has 34 nitrogen and oxygen atoms in total. The summed E-state index contributed by atoms with van der Waals surface area (Å²) in [4.78, 5) is 122. The third-order valence-electron chi connectivity index (χ3n) is 30.0. The number of likely N-dealkylation sites (tertiary alicyclic amines) is 5. The van der Waals surface area contributed by atoms with Gasteiger partial charge in [0.15, 0.2) is 11.5 Å². The molecule has 5 amide bonds. The number of piperidine rings is 5. The molecule has 4 aromatic carbocycles. The first-order valence-corrected chi connectivity index (χ1v) is 50.5. The van der Waals surface area contributed by atoms with Crippen LogP contribution in [0.2, 0.25) is 0 Å². The lowest BCUT2D eigenvalue weighted by Crippen LogP contribution is -2.48. The van der Waals surface area contributed by atoms with Crippen LogP contribution in [0, 0.1) is 89.7 Å². The first-order chi connectivity index (χ1) is 71.5. The maximum atomic E-state index is 14.1. The summed E-state index contributed by atoms with van der Waals surface area (Å²) in [5.74, 6) is 6.43. The van der Waals surface area contributed by atoms with Crippen molar-refractivity contribution in [3.63, 3.8) is 0 Å². The maximum absolute atomic E-state index is 14.1. The Balaban J connectivity index is 0.000000108. The number of aromatic nitrogens is 18. The van der Waals surface area contributed by atoms with E-state index in [9.17, 15) is 32.8 Å². The Kier molecular flexibility index (Phi) is 27.8. The van der Waals surface area contributed by atoms with Gasteiger partial charge < -0.3 is 55.8 Å². The van der Waals surface area contributed by atoms with E-state index in [1.165, 1.54) is 46.3 Å². The number of aryl methyl sites for hydroxylation is 7. The summed E-state index contributed by atoms with van der Waals surface area (Å²) in [7, 11) is 0. The molecule has 10 bridgehead atoms. The summed E-state index contributed by atoms with van der Waals surface area (Å²) < 4.78 is 33.9. The Bertz CT molecular complexity index is 6960. The molecule has 5 N–H and O–H groups in total. The molecule has 10 aliphatic rings. The fourth-order valence-electron chi connectivity index (χ4n) is 23.3. The third kappa shape index (κ3) is 20.8. The zero-order chi connectivity index (χ0) is 101. The number of hydrogen-bond acceptors (Lipinski definition) is 26. The van der Waals surface area contributed by atoms with Crippen LogP contribution in [0.4, 0.5) is 37.9 Å². The van der Waals surface area contributed by atoms with Crippen LogP contribution < -0.4 is 31.3 Å². The van der Waals surface area contributed by atoms with Crippen molar-refractivity contribution < 1.29 is 37.5 Å². The largest absolute Gasteiger partial charge is 0.493 e. The van der Waals surface area contributed by atoms with Gasteiger partial charge in [0.25, 0.3) is 29.5 Å². The van der Waals surface area contributed by atoms with Gasteiger partial charge in [0.2, 0.25) is 0 Å². The summed E-state index contributed by atoms with van der Waals surface area (Å²) in [6.45, 7) is 20.1. The Morgan fingerprint density at radius 3 is 1.15 bits per heavy atom. The fourth-order valence-corrected chi connectivity index (χ4v) is 23.3. The molecule has 5 saturated heterocycles. The maximum Gasteiger partial charge on any atom is 0.275 e. The summed E-state index contributed by atoms with van der Waals surface area (Å²) in [6.07, 6.45) is 33.9. The van der Waals surface area contributed by atoms with Crippen molar-refractivity contribution in [3.8, 4) is 34.2 Å².